The smallest absolute Gasteiger partial charge is 0.145 e. The number of rotatable bonds is 3. The molecule has 3 nitrogen and oxygen atoms in total. The summed E-state index contributed by atoms with van der Waals surface area (Å²) < 4.78 is 6.02. The van der Waals surface area contributed by atoms with Crippen LogP contribution in [0.3, 0.4) is 0 Å². The van der Waals surface area contributed by atoms with Crippen molar-refractivity contribution >= 4 is 33.3 Å². The van der Waals surface area contributed by atoms with Gasteiger partial charge >= 0.3 is 0 Å². The monoisotopic (exact) mass is 368 g/mol. The van der Waals surface area contributed by atoms with Gasteiger partial charge in [-0.1, -0.05) is 42.5 Å². The second-order valence-corrected chi connectivity index (χ2v) is 7.72. The minimum absolute atomic E-state index is 0.690. The fourth-order valence-electron chi connectivity index (χ4n) is 3.73. The number of hydrogen-bond acceptors (Lipinski definition) is 4. The van der Waals surface area contributed by atoms with E-state index in [1.807, 2.05) is 30.3 Å². The number of nitrogens with zero attached hydrogens (tertiary/aromatic N) is 2. The van der Waals surface area contributed by atoms with Crippen LogP contribution < -0.4 is 0 Å². The van der Waals surface area contributed by atoms with Crippen molar-refractivity contribution in [2.45, 2.75) is 19.3 Å². The molecule has 0 saturated carbocycles. The molecule has 2 heterocycles. The number of furan rings is 1. The first kappa shape index (κ1) is 16.0. The molecule has 0 saturated heterocycles. The maximum atomic E-state index is 9.48. The van der Waals surface area contributed by atoms with E-state index in [4.69, 9.17) is 4.42 Å². The van der Waals surface area contributed by atoms with Crippen LogP contribution in [0.25, 0.3) is 22.1 Å². The third-order valence-corrected chi connectivity index (χ3v) is 6.21. The molecule has 0 fully saturated rings. The number of fused-ring (bicyclic) bond motifs is 2. The molecule has 0 aliphatic heterocycles. The molecular weight excluding hydrogens is 352 g/mol. The van der Waals surface area contributed by atoms with E-state index in [2.05, 4.69) is 35.3 Å². The molecule has 0 atom stereocenters. The van der Waals surface area contributed by atoms with Crippen LogP contribution in [-0.2, 0) is 12.8 Å². The van der Waals surface area contributed by atoms with Crippen molar-refractivity contribution in [3.63, 3.8) is 0 Å². The predicted octanol–water partition coefficient (Wildman–Crippen LogP) is 6.27. The summed E-state index contributed by atoms with van der Waals surface area (Å²) in [6, 6.07) is 20.7. The van der Waals surface area contributed by atoms with Crippen LogP contribution >= 0.6 is 11.3 Å². The van der Waals surface area contributed by atoms with Crippen molar-refractivity contribution in [3.8, 4) is 17.4 Å². The fourth-order valence-corrected chi connectivity index (χ4v) is 4.91. The van der Waals surface area contributed by atoms with Crippen LogP contribution in [-0.4, -0.2) is 6.21 Å². The highest BCUT2D eigenvalue weighted by molar-refractivity contribution is 7.16. The normalized spacial score (nSPS) is 13.3. The van der Waals surface area contributed by atoms with E-state index in [0.717, 1.165) is 41.2 Å². The summed E-state index contributed by atoms with van der Waals surface area (Å²) in [6.07, 6.45) is 4.93. The molecule has 1 aliphatic rings. The van der Waals surface area contributed by atoms with E-state index in [1.165, 1.54) is 21.2 Å². The van der Waals surface area contributed by atoms with Crippen LogP contribution in [0.15, 0.2) is 64.0 Å². The Hall–Kier alpha value is -3.16. The van der Waals surface area contributed by atoms with E-state index >= 15 is 0 Å². The minimum atomic E-state index is 0.690. The lowest BCUT2D eigenvalue weighted by Crippen LogP contribution is -1.81. The molecule has 1 aliphatic carbocycles. The number of nitriles is 1. The zero-order chi connectivity index (χ0) is 18.2. The van der Waals surface area contributed by atoms with E-state index in [1.54, 1.807) is 17.6 Å². The molecule has 130 valence electrons. The first-order valence-corrected chi connectivity index (χ1v) is 9.82. The summed E-state index contributed by atoms with van der Waals surface area (Å²) in [5, 5.41) is 12.6. The number of benzene rings is 2. The fraction of sp³-hybridized carbons (Fsp3) is 0.130. The van der Waals surface area contributed by atoms with Crippen molar-refractivity contribution in [2.24, 2.45) is 4.99 Å². The van der Waals surface area contributed by atoms with Crippen molar-refractivity contribution in [3.05, 3.63) is 76.4 Å². The first-order chi connectivity index (χ1) is 13.3. The van der Waals surface area contributed by atoms with Crippen LogP contribution in [0.1, 0.15) is 28.2 Å². The van der Waals surface area contributed by atoms with Crippen LogP contribution in [0, 0.1) is 11.3 Å². The molecule has 0 spiro atoms. The van der Waals surface area contributed by atoms with Crippen molar-refractivity contribution < 1.29 is 4.42 Å². The summed E-state index contributed by atoms with van der Waals surface area (Å²) in [4.78, 5) is 5.87. The Morgan fingerprint density at radius 1 is 1.04 bits per heavy atom. The Morgan fingerprint density at radius 2 is 1.93 bits per heavy atom. The number of aliphatic imine (C=N–C) groups is 1. The highest BCUT2D eigenvalue weighted by Crippen LogP contribution is 2.40. The average Bonchev–Trinajstić information content (AvgIpc) is 3.41. The predicted molar refractivity (Wildman–Crippen MR) is 110 cm³/mol. The molecular formula is C23H16N2OS. The minimum Gasteiger partial charge on any atom is -0.455 e. The topological polar surface area (TPSA) is 49.3 Å². The molecule has 0 radical (unpaired) electrons. The van der Waals surface area contributed by atoms with Gasteiger partial charge in [0, 0.05) is 10.4 Å². The Labute approximate surface area is 161 Å². The van der Waals surface area contributed by atoms with E-state index in [-0.39, 0.29) is 0 Å². The molecule has 0 bridgehead atoms. The molecule has 4 aromatic rings. The Morgan fingerprint density at radius 3 is 2.85 bits per heavy atom. The summed E-state index contributed by atoms with van der Waals surface area (Å²) in [6.45, 7) is 0. The van der Waals surface area contributed by atoms with Crippen molar-refractivity contribution in [1.29, 1.82) is 5.26 Å². The van der Waals surface area contributed by atoms with Gasteiger partial charge in [-0.2, -0.15) is 5.26 Å². The summed E-state index contributed by atoms with van der Waals surface area (Å²) in [5.41, 5.74) is 3.01. The average molecular weight is 368 g/mol. The van der Waals surface area contributed by atoms with Gasteiger partial charge in [0.25, 0.3) is 0 Å². The Balaban J connectivity index is 1.48. The molecule has 2 aromatic heterocycles. The second-order valence-electron chi connectivity index (χ2n) is 6.64. The summed E-state index contributed by atoms with van der Waals surface area (Å²) >= 11 is 1.64. The van der Waals surface area contributed by atoms with Gasteiger partial charge in [0.2, 0.25) is 0 Å². The van der Waals surface area contributed by atoms with E-state index in [9.17, 15) is 5.26 Å². The molecule has 0 unspecified atom stereocenters. The van der Waals surface area contributed by atoms with Gasteiger partial charge in [-0.05, 0) is 47.7 Å². The number of thiophene rings is 1. The van der Waals surface area contributed by atoms with Gasteiger partial charge in [0.1, 0.15) is 22.6 Å². The van der Waals surface area contributed by atoms with Crippen LogP contribution in [0.5, 0.6) is 0 Å². The van der Waals surface area contributed by atoms with Gasteiger partial charge in [-0.25, -0.2) is 4.99 Å². The second kappa shape index (κ2) is 6.53. The maximum absolute atomic E-state index is 9.48. The molecule has 5 rings (SSSR count). The SMILES string of the molecule is N#Cc1c(N=Cc2ccc(-c3cccc4ccccc34)o2)sc2c1CCC2. The summed E-state index contributed by atoms with van der Waals surface area (Å²) in [7, 11) is 0. The number of aryl methyl sites for hydroxylation is 1. The Bertz CT molecular complexity index is 1220. The zero-order valence-electron chi connectivity index (χ0n) is 14.6. The highest BCUT2D eigenvalue weighted by atomic mass is 32.1. The van der Waals surface area contributed by atoms with E-state index < -0.39 is 0 Å². The van der Waals surface area contributed by atoms with Crippen molar-refractivity contribution in [1.82, 2.24) is 0 Å². The maximum Gasteiger partial charge on any atom is 0.145 e. The molecule has 0 N–H and O–H groups in total. The number of hydrogen-bond donors (Lipinski definition) is 0. The van der Waals surface area contributed by atoms with Crippen LogP contribution in [0.4, 0.5) is 5.00 Å². The van der Waals surface area contributed by atoms with Gasteiger partial charge in [-0.15, -0.1) is 11.3 Å². The lowest BCUT2D eigenvalue weighted by Gasteiger charge is -2.03. The molecule has 0 amide bonds. The first-order valence-electron chi connectivity index (χ1n) is 9.00. The highest BCUT2D eigenvalue weighted by Gasteiger charge is 2.21. The lowest BCUT2D eigenvalue weighted by atomic mass is 10.0. The standard InChI is InChI=1S/C23H16N2OS/c24-13-20-19-9-4-10-22(19)27-23(20)25-14-16-11-12-21(26-16)18-8-3-6-15-5-1-2-7-17(15)18/h1-3,5-8,11-12,14H,4,9-10H2. The third-order valence-electron chi connectivity index (χ3n) is 5.01. The largest absolute Gasteiger partial charge is 0.455 e. The van der Waals surface area contributed by atoms with Gasteiger partial charge in [-0.3, -0.25) is 0 Å². The van der Waals surface area contributed by atoms with Gasteiger partial charge < -0.3 is 4.42 Å². The summed E-state index contributed by atoms with van der Waals surface area (Å²) in [5.74, 6) is 1.51. The van der Waals surface area contributed by atoms with Gasteiger partial charge in [0.15, 0.2) is 0 Å². The van der Waals surface area contributed by atoms with Crippen molar-refractivity contribution in [2.75, 3.05) is 0 Å². The molecule has 2 aromatic carbocycles. The van der Waals surface area contributed by atoms with E-state index in [0.29, 0.717) is 5.76 Å². The molecule has 27 heavy (non-hydrogen) atoms. The third kappa shape index (κ3) is 2.77. The van der Waals surface area contributed by atoms with Crippen LogP contribution in [0.2, 0.25) is 0 Å². The lowest BCUT2D eigenvalue weighted by molar-refractivity contribution is 0.576. The Kier molecular flexibility index (Phi) is 3.88. The zero-order valence-corrected chi connectivity index (χ0v) is 15.4. The van der Waals surface area contributed by atoms with Gasteiger partial charge in [0.05, 0.1) is 11.8 Å². The quantitative estimate of drug-likeness (QED) is 0.400. The molecule has 4 heteroatoms.